The number of benzene rings is 6. The number of halogens is 5. The molecule has 0 saturated carbocycles. The molecule has 74 heavy (non-hydrogen) atoms. The van der Waals surface area contributed by atoms with Gasteiger partial charge in [-0.25, -0.2) is 39.1 Å². The lowest BCUT2D eigenvalue weighted by atomic mass is 10.0. The maximum Gasteiger partial charge on any atom is 0.261 e. The zero-order chi connectivity index (χ0) is 54.0. The molecular weight excluding hydrogens is 1020 g/mol. The van der Waals surface area contributed by atoms with Gasteiger partial charge in [0.2, 0.25) is 21.8 Å². The molecule has 0 aromatic heterocycles. The number of rotatable bonds is 18. The number of hydrogen-bond acceptors (Lipinski definition) is 9. The third kappa shape index (κ3) is 20.9. The van der Waals surface area contributed by atoms with Crippen LogP contribution in [-0.2, 0) is 41.5 Å². The van der Waals surface area contributed by atoms with Crippen LogP contribution < -0.4 is 31.7 Å². The van der Waals surface area contributed by atoms with Crippen molar-refractivity contribution in [3.63, 3.8) is 0 Å². The molecule has 0 aliphatic rings. The summed E-state index contributed by atoms with van der Waals surface area (Å²) in [5.41, 5.74) is 5.95. The van der Waals surface area contributed by atoms with Gasteiger partial charge >= 0.3 is 0 Å². The van der Waals surface area contributed by atoms with Crippen LogP contribution in [0.2, 0.25) is 0 Å². The fraction of sp³-hybridized carbons (Fsp3) is 0.245. The molecule has 7 N–H and O–H groups in total. The third-order valence-corrected chi connectivity index (χ3v) is 13.0. The predicted molar refractivity (Wildman–Crippen MR) is 280 cm³/mol. The summed E-state index contributed by atoms with van der Waals surface area (Å²) < 4.78 is 101. The molecule has 2 atom stereocenters. The number of anilines is 2. The van der Waals surface area contributed by atoms with Crippen LogP contribution in [0, 0.1) is 11.6 Å². The Hall–Kier alpha value is -6.97. The van der Waals surface area contributed by atoms with Crippen LogP contribution in [0.15, 0.2) is 168 Å². The van der Waals surface area contributed by atoms with Gasteiger partial charge in [-0.3, -0.25) is 19.2 Å². The number of alkyl halides is 2. The Morgan fingerprint density at radius 2 is 0.878 bits per heavy atom. The second kappa shape index (κ2) is 27.9. The van der Waals surface area contributed by atoms with E-state index in [1.165, 1.54) is 86.6 Å². The number of nitrogens with one attached hydrogen (secondary N) is 5. The molecule has 0 spiro atoms. The molecule has 14 nitrogen and oxygen atoms in total. The molecule has 0 unspecified atom stereocenters. The fourth-order valence-electron chi connectivity index (χ4n) is 6.13. The van der Waals surface area contributed by atoms with Crippen molar-refractivity contribution >= 4 is 64.8 Å². The smallest absolute Gasteiger partial charge is 0.261 e. The molecule has 0 aliphatic heterocycles. The van der Waals surface area contributed by atoms with Gasteiger partial charge in [0.15, 0.2) is 0 Å². The van der Waals surface area contributed by atoms with Gasteiger partial charge in [0.1, 0.15) is 37.1 Å². The lowest BCUT2D eigenvalue weighted by Gasteiger charge is -2.22. The van der Waals surface area contributed by atoms with Crippen LogP contribution in [0.3, 0.4) is 0 Å². The summed E-state index contributed by atoms with van der Waals surface area (Å²) in [6.07, 6.45) is 0.405. The summed E-state index contributed by atoms with van der Waals surface area (Å²) in [5, 5.41) is 10.7. The molecule has 21 heteroatoms. The molecule has 0 aliphatic carbocycles. The van der Waals surface area contributed by atoms with E-state index in [0.29, 0.717) is 11.4 Å². The molecule has 6 aromatic carbocycles. The van der Waals surface area contributed by atoms with Gasteiger partial charge in [-0.1, -0.05) is 68.1 Å². The van der Waals surface area contributed by atoms with Crippen molar-refractivity contribution in [2.75, 3.05) is 24.0 Å². The van der Waals surface area contributed by atoms with Gasteiger partial charge in [-0.05, 0) is 136 Å². The molecule has 0 radical (unpaired) electrons. The van der Waals surface area contributed by atoms with E-state index in [4.69, 9.17) is 16.4 Å². The minimum absolute atomic E-state index is 0. The van der Waals surface area contributed by atoms with E-state index in [1.54, 1.807) is 13.8 Å². The van der Waals surface area contributed by atoms with Crippen LogP contribution in [-0.4, -0.2) is 77.0 Å². The quantitative estimate of drug-likeness (QED) is 0.0357. The normalized spacial score (nSPS) is 12.1. The first kappa shape index (κ1) is 61.3. The Morgan fingerprint density at radius 3 is 1.19 bits per heavy atom. The summed E-state index contributed by atoms with van der Waals surface area (Å²) in [4.78, 5) is 51.1. The largest absolute Gasteiger partial charge is 0.340 e. The Morgan fingerprint density at radius 1 is 0.541 bits per heavy atom. The minimum Gasteiger partial charge on any atom is -0.340 e. The summed E-state index contributed by atoms with van der Waals surface area (Å²) in [5.74, 6) is -3.06. The van der Waals surface area contributed by atoms with E-state index in [0.717, 1.165) is 35.4 Å². The fourth-order valence-corrected chi connectivity index (χ4v) is 8.29. The zero-order valence-corrected chi connectivity index (χ0v) is 42.4. The summed E-state index contributed by atoms with van der Waals surface area (Å²) in [6.45, 7) is 4.80. The van der Waals surface area contributed by atoms with E-state index in [2.05, 4.69) is 26.0 Å². The zero-order valence-electron chi connectivity index (χ0n) is 40.0. The Bertz CT molecular complexity index is 2990. The highest BCUT2D eigenvalue weighted by atomic mass is 35.7. The van der Waals surface area contributed by atoms with Gasteiger partial charge in [0.25, 0.3) is 20.9 Å². The predicted octanol–water partition coefficient (Wildman–Crippen LogP) is 8.89. The average molecular weight is 1080 g/mol. The Balaban J connectivity index is 0.000000350. The average Bonchev–Trinajstić information content (AvgIpc) is 3.34. The second-order valence-electron chi connectivity index (χ2n) is 17.7. The first-order valence-corrected chi connectivity index (χ1v) is 26.0. The molecule has 6 aromatic rings. The Labute approximate surface area is 434 Å². The minimum atomic E-state index is -3.97. The molecular formula is C53H59ClF4N6O8S2. The van der Waals surface area contributed by atoms with Crippen LogP contribution in [0.5, 0.6) is 0 Å². The van der Waals surface area contributed by atoms with Gasteiger partial charge in [0, 0.05) is 51.6 Å². The number of hydrogen-bond donors (Lipinski definition) is 6. The molecule has 0 fully saturated rings. The van der Waals surface area contributed by atoms with Crippen LogP contribution in [0.25, 0.3) is 0 Å². The Kier molecular flexibility index (Phi) is 23.1. The van der Waals surface area contributed by atoms with Gasteiger partial charge in [0.05, 0.1) is 15.3 Å². The van der Waals surface area contributed by atoms with Crippen molar-refractivity contribution in [2.24, 2.45) is 5.73 Å². The first-order valence-electron chi connectivity index (χ1n) is 22.2. The summed E-state index contributed by atoms with van der Waals surface area (Å²) in [7, 11) is -2.55. The van der Waals surface area contributed by atoms with Crippen LogP contribution in [0.1, 0.15) is 67.0 Å². The lowest BCUT2D eigenvalue weighted by Crippen LogP contribution is -2.45. The van der Waals surface area contributed by atoms with Gasteiger partial charge < -0.3 is 27.0 Å². The summed E-state index contributed by atoms with van der Waals surface area (Å²) in [6, 6.07) is 36.9. The third-order valence-electron chi connectivity index (χ3n) is 9.95. The maximum atomic E-state index is 13.2. The molecule has 4 amide bonds. The monoisotopic (exact) mass is 1080 g/mol. The first-order chi connectivity index (χ1) is 34.3. The molecule has 0 heterocycles. The van der Waals surface area contributed by atoms with E-state index < -0.39 is 90.8 Å². The number of sulfonamides is 1. The van der Waals surface area contributed by atoms with E-state index in [9.17, 15) is 53.6 Å². The highest BCUT2D eigenvalue weighted by Crippen LogP contribution is 2.20. The van der Waals surface area contributed by atoms with Crippen LogP contribution >= 0.6 is 10.7 Å². The molecule has 396 valence electrons. The maximum absolute atomic E-state index is 13.2. The second-order valence-corrected chi connectivity index (χ2v) is 21.9. The highest BCUT2D eigenvalue weighted by molar-refractivity contribution is 8.13. The van der Waals surface area contributed by atoms with E-state index in [1.807, 2.05) is 60.7 Å². The SMILES string of the molecule is C.CC(C)(CF)NS(=O)(=O)c1ccc(NC(=O)[C@H](Cc2ccccc2)NC(=O)c2ccc(F)cc2)cc1.CC(C)(N)CF.O=C(N[C@@H](Cc1ccccc1)C(=O)Nc1ccc(S(=O)(=O)Cl)cc1)c1ccc(F)cc1. The van der Waals surface area contributed by atoms with Gasteiger partial charge in [-0.15, -0.1) is 0 Å². The molecule has 0 saturated heterocycles. The van der Waals surface area contributed by atoms with Crippen molar-refractivity contribution in [2.45, 2.75) is 80.9 Å². The van der Waals surface area contributed by atoms with Crippen molar-refractivity contribution in [1.82, 2.24) is 15.4 Å². The number of carbonyl (C=O) groups is 4. The van der Waals surface area contributed by atoms with Crippen LogP contribution in [0.4, 0.5) is 28.9 Å². The van der Waals surface area contributed by atoms with Crippen molar-refractivity contribution in [3.05, 3.63) is 192 Å². The van der Waals surface area contributed by atoms with Crippen molar-refractivity contribution in [3.8, 4) is 0 Å². The topological polar surface area (TPSA) is 223 Å². The van der Waals surface area contributed by atoms with Crippen molar-refractivity contribution in [1.29, 1.82) is 0 Å². The standard InChI is InChI=1S/C26H27F2N3O4S.C22H18ClFN2O4S.C4H10FN.CH4/c1-26(2,17-27)31-36(34,35)22-14-12-21(13-15-22)29-25(33)23(16-18-6-4-3-5-7-18)30-24(32)19-8-10-20(28)11-9-19;23-31(29,30)19-12-10-18(11-13-19)25-22(28)20(14-15-4-2-1-3-5-15)26-21(27)16-6-8-17(24)9-7-16;1-4(2,6)3-5;/h3-15,23,31H,16-17H2,1-2H3,(H,29,33)(H,30,32);1-13,20H,14H2,(H,25,28)(H,26,27);3,6H2,1-2H3;1H4/t23-;20-;;/m00../s1. The number of amides is 4. The van der Waals surface area contributed by atoms with Gasteiger partial charge in [-0.2, -0.15) is 0 Å². The van der Waals surface area contributed by atoms with E-state index >= 15 is 0 Å². The molecule has 6 rings (SSSR count). The number of nitrogens with two attached hydrogens (primary N) is 1. The van der Waals surface area contributed by atoms with E-state index in [-0.39, 0.29) is 41.2 Å². The van der Waals surface area contributed by atoms with Crippen molar-refractivity contribution < 1.29 is 53.6 Å². The molecule has 0 bridgehead atoms. The lowest BCUT2D eigenvalue weighted by molar-refractivity contribution is -0.118. The highest BCUT2D eigenvalue weighted by Gasteiger charge is 2.27. The summed E-state index contributed by atoms with van der Waals surface area (Å²) >= 11 is 0. The number of carbonyl (C=O) groups excluding carboxylic acids is 4.